The fourth-order valence-electron chi connectivity index (χ4n) is 5.11. The number of carbonyl (C=O) groups is 1. The molecule has 0 spiro atoms. The molecule has 0 radical (unpaired) electrons. The van der Waals surface area contributed by atoms with Gasteiger partial charge >= 0.3 is 5.97 Å². The number of benzene rings is 3. The number of piperazine rings is 1. The third kappa shape index (κ3) is 6.66. The third-order valence-electron chi connectivity index (χ3n) is 7.16. The maximum Gasteiger partial charge on any atom is 0.331 e. The Labute approximate surface area is 229 Å². The second-order valence-electron chi connectivity index (χ2n) is 9.67. The minimum absolute atomic E-state index is 0.189. The number of carbonyl (C=O) groups excluding carboxylic acids is 1. The van der Waals surface area contributed by atoms with Gasteiger partial charge in [-0.05, 0) is 27.1 Å². The van der Waals surface area contributed by atoms with E-state index in [-0.39, 0.29) is 12.0 Å². The molecule has 8 nitrogen and oxygen atoms in total. The van der Waals surface area contributed by atoms with Gasteiger partial charge in [0, 0.05) is 39.1 Å². The van der Waals surface area contributed by atoms with E-state index >= 15 is 0 Å². The van der Waals surface area contributed by atoms with Crippen molar-refractivity contribution in [1.82, 2.24) is 30.0 Å². The summed E-state index contributed by atoms with van der Waals surface area (Å²) in [5.41, 5.74) is 3.32. The van der Waals surface area contributed by atoms with Gasteiger partial charge in [0.15, 0.2) is 11.9 Å². The Morgan fingerprint density at radius 2 is 1.54 bits per heavy atom. The molecule has 4 aromatic rings. The van der Waals surface area contributed by atoms with E-state index in [0.29, 0.717) is 12.2 Å². The van der Waals surface area contributed by atoms with Crippen molar-refractivity contribution in [3.8, 4) is 0 Å². The molecular formula is C31H34N6O2. The first kappa shape index (κ1) is 26.5. The molecule has 1 aromatic heterocycles. The van der Waals surface area contributed by atoms with Crippen LogP contribution in [-0.2, 0) is 16.0 Å². The summed E-state index contributed by atoms with van der Waals surface area (Å²) in [6.07, 6.45) is 4.84. The second kappa shape index (κ2) is 13.1. The van der Waals surface area contributed by atoms with Gasteiger partial charge in [-0.2, -0.15) is 0 Å². The van der Waals surface area contributed by atoms with Crippen molar-refractivity contribution in [2.45, 2.75) is 18.5 Å². The number of esters is 1. The summed E-state index contributed by atoms with van der Waals surface area (Å²) in [6, 6.07) is 29.7. The molecule has 1 fully saturated rings. The fourth-order valence-corrected chi connectivity index (χ4v) is 5.11. The van der Waals surface area contributed by atoms with Gasteiger partial charge < -0.3 is 4.74 Å². The maximum atomic E-state index is 13.0. The number of methoxy groups -OCH3 is 1. The van der Waals surface area contributed by atoms with Crippen LogP contribution >= 0.6 is 0 Å². The van der Waals surface area contributed by atoms with Gasteiger partial charge in [-0.15, -0.1) is 5.10 Å². The Bertz CT molecular complexity index is 1340. The molecule has 39 heavy (non-hydrogen) atoms. The number of ether oxygens (including phenoxy) is 1. The number of tetrazole rings is 1. The molecule has 1 saturated heterocycles. The standard InChI is InChI=1S/C31H34N6O2/c1-39-31(38)28(24-26-14-7-3-8-15-26)37-30(32-33-34-37)29(27-17-9-4-10-18-27)36-22-20-35(21-23-36)19-11-16-25-12-5-2-6-13-25/h2-18,28-29H,19-24H2,1H3/b16-11+. The molecule has 3 aromatic carbocycles. The van der Waals surface area contributed by atoms with Crippen molar-refractivity contribution in [1.29, 1.82) is 0 Å². The van der Waals surface area contributed by atoms with Crippen LogP contribution in [0.15, 0.2) is 97.1 Å². The molecule has 0 amide bonds. The highest BCUT2D eigenvalue weighted by molar-refractivity contribution is 5.74. The van der Waals surface area contributed by atoms with Crippen molar-refractivity contribution in [3.05, 3.63) is 120 Å². The molecule has 0 aliphatic carbocycles. The van der Waals surface area contributed by atoms with Gasteiger partial charge in [0.05, 0.1) is 13.2 Å². The van der Waals surface area contributed by atoms with E-state index in [2.05, 4.69) is 73.9 Å². The number of rotatable bonds is 10. The Hall–Kier alpha value is -4.14. The van der Waals surface area contributed by atoms with Gasteiger partial charge in [0.2, 0.25) is 0 Å². The van der Waals surface area contributed by atoms with Crippen molar-refractivity contribution >= 4 is 12.0 Å². The van der Waals surface area contributed by atoms with Crippen LogP contribution < -0.4 is 0 Å². The molecule has 8 heteroatoms. The van der Waals surface area contributed by atoms with Gasteiger partial charge in [0.1, 0.15) is 0 Å². The lowest BCUT2D eigenvalue weighted by Gasteiger charge is -2.38. The largest absolute Gasteiger partial charge is 0.467 e. The Kier molecular flexibility index (Phi) is 8.88. The zero-order chi connectivity index (χ0) is 26.9. The molecule has 2 unspecified atom stereocenters. The van der Waals surface area contributed by atoms with Crippen molar-refractivity contribution in [3.63, 3.8) is 0 Å². The number of aromatic nitrogens is 4. The predicted molar refractivity (Wildman–Crippen MR) is 151 cm³/mol. The van der Waals surface area contributed by atoms with Crippen LogP contribution in [0, 0.1) is 0 Å². The first-order valence-corrected chi connectivity index (χ1v) is 13.4. The molecule has 0 N–H and O–H groups in total. The molecule has 1 aliphatic heterocycles. The summed E-state index contributed by atoms with van der Waals surface area (Å²) in [4.78, 5) is 17.8. The Morgan fingerprint density at radius 1 is 0.897 bits per heavy atom. The Morgan fingerprint density at radius 3 is 2.21 bits per heavy atom. The average Bonchev–Trinajstić information content (AvgIpc) is 3.47. The minimum Gasteiger partial charge on any atom is -0.467 e. The second-order valence-corrected chi connectivity index (χ2v) is 9.67. The molecule has 0 bridgehead atoms. The van der Waals surface area contributed by atoms with Crippen LogP contribution in [0.1, 0.15) is 34.6 Å². The van der Waals surface area contributed by atoms with E-state index in [1.807, 2.05) is 54.6 Å². The van der Waals surface area contributed by atoms with Gasteiger partial charge in [0.25, 0.3) is 0 Å². The van der Waals surface area contributed by atoms with Crippen LogP contribution in [0.25, 0.3) is 6.08 Å². The van der Waals surface area contributed by atoms with Crippen molar-refractivity contribution in [2.24, 2.45) is 0 Å². The van der Waals surface area contributed by atoms with Crippen molar-refractivity contribution < 1.29 is 9.53 Å². The highest BCUT2D eigenvalue weighted by Crippen LogP contribution is 2.30. The van der Waals surface area contributed by atoms with Crippen LogP contribution in [0.4, 0.5) is 0 Å². The maximum absolute atomic E-state index is 13.0. The third-order valence-corrected chi connectivity index (χ3v) is 7.16. The first-order chi connectivity index (χ1) is 19.2. The van der Waals surface area contributed by atoms with E-state index in [0.717, 1.165) is 43.9 Å². The first-order valence-electron chi connectivity index (χ1n) is 13.4. The van der Waals surface area contributed by atoms with Crippen LogP contribution in [0.2, 0.25) is 0 Å². The fraction of sp³-hybridized carbons (Fsp3) is 0.290. The number of hydrogen-bond donors (Lipinski definition) is 0. The smallest absolute Gasteiger partial charge is 0.331 e. The van der Waals surface area contributed by atoms with E-state index in [9.17, 15) is 4.79 Å². The zero-order valence-corrected chi connectivity index (χ0v) is 22.2. The quantitative estimate of drug-likeness (QED) is 0.291. The van der Waals surface area contributed by atoms with E-state index in [1.54, 1.807) is 4.68 Å². The molecular weight excluding hydrogens is 488 g/mol. The Balaban J connectivity index is 1.36. The summed E-state index contributed by atoms with van der Waals surface area (Å²) >= 11 is 0. The SMILES string of the molecule is COC(=O)C(Cc1ccccc1)n1nnnc1C(c1ccccc1)N1CCN(C/C=C/c2ccccc2)CC1. The molecule has 0 saturated carbocycles. The summed E-state index contributed by atoms with van der Waals surface area (Å²) < 4.78 is 6.85. The minimum atomic E-state index is -0.668. The topological polar surface area (TPSA) is 76.4 Å². The molecule has 2 heterocycles. The van der Waals surface area contributed by atoms with Crippen molar-refractivity contribution in [2.75, 3.05) is 39.8 Å². The lowest BCUT2D eigenvalue weighted by atomic mass is 10.0. The van der Waals surface area contributed by atoms with Crippen LogP contribution in [0.3, 0.4) is 0 Å². The molecule has 1 aliphatic rings. The summed E-state index contributed by atoms with van der Waals surface area (Å²) in [7, 11) is 1.41. The van der Waals surface area contributed by atoms with Gasteiger partial charge in [-0.3, -0.25) is 9.80 Å². The summed E-state index contributed by atoms with van der Waals surface area (Å²) in [6.45, 7) is 4.46. The number of hydrogen-bond acceptors (Lipinski definition) is 7. The van der Waals surface area contributed by atoms with Gasteiger partial charge in [-0.25, -0.2) is 9.48 Å². The summed E-state index contributed by atoms with van der Waals surface area (Å²) in [5.74, 6) is 0.277. The highest BCUT2D eigenvalue weighted by atomic mass is 16.5. The predicted octanol–water partition coefficient (Wildman–Crippen LogP) is 4.05. The zero-order valence-electron chi connectivity index (χ0n) is 22.2. The lowest BCUT2D eigenvalue weighted by Crippen LogP contribution is -2.48. The van der Waals surface area contributed by atoms with Crippen LogP contribution in [0.5, 0.6) is 0 Å². The van der Waals surface area contributed by atoms with Gasteiger partial charge in [-0.1, -0.05) is 103 Å². The van der Waals surface area contributed by atoms with E-state index < -0.39 is 6.04 Å². The average molecular weight is 523 g/mol. The molecule has 5 rings (SSSR count). The highest BCUT2D eigenvalue weighted by Gasteiger charge is 2.34. The number of nitrogens with zero attached hydrogens (tertiary/aromatic N) is 6. The van der Waals surface area contributed by atoms with E-state index in [4.69, 9.17) is 4.74 Å². The van der Waals surface area contributed by atoms with E-state index in [1.165, 1.54) is 12.7 Å². The molecule has 200 valence electrons. The lowest BCUT2D eigenvalue weighted by molar-refractivity contribution is -0.145. The normalized spacial score (nSPS) is 16.2. The molecule has 2 atom stereocenters. The van der Waals surface area contributed by atoms with Crippen LogP contribution in [-0.4, -0.2) is 75.8 Å². The summed E-state index contributed by atoms with van der Waals surface area (Å²) in [5, 5.41) is 12.8. The monoisotopic (exact) mass is 522 g/mol.